The van der Waals surface area contributed by atoms with Crippen molar-refractivity contribution in [2.45, 2.75) is 31.5 Å². The molecule has 0 aliphatic carbocycles. The molecule has 2 N–H and O–H groups in total. The number of likely N-dealkylation sites (tertiary alicyclic amines) is 1. The van der Waals surface area contributed by atoms with E-state index < -0.39 is 0 Å². The highest BCUT2D eigenvalue weighted by Gasteiger charge is 2.32. The Kier molecular flexibility index (Phi) is 5.38. The molecule has 0 spiro atoms. The maximum atomic E-state index is 14.0. The third-order valence-electron chi connectivity index (χ3n) is 4.59. The Morgan fingerprint density at radius 2 is 2.25 bits per heavy atom. The van der Waals surface area contributed by atoms with Gasteiger partial charge in [0.05, 0.1) is 12.6 Å². The van der Waals surface area contributed by atoms with Crippen molar-refractivity contribution in [2.24, 2.45) is 0 Å². The minimum absolute atomic E-state index is 0.180. The van der Waals surface area contributed by atoms with Crippen molar-refractivity contribution in [2.75, 3.05) is 25.9 Å². The fourth-order valence-electron chi connectivity index (χ4n) is 3.29. The van der Waals surface area contributed by atoms with Gasteiger partial charge in [-0.25, -0.2) is 4.39 Å². The lowest BCUT2D eigenvalue weighted by Crippen LogP contribution is -2.35. The van der Waals surface area contributed by atoms with Crippen LogP contribution in [0.3, 0.4) is 0 Å². The molecule has 1 fully saturated rings. The van der Waals surface area contributed by atoms with Crippen molar-refractivity contribution < 1.29 is 9.13 Å². The highest BCUT2D eigenvalue weighted by Crippen LogP contribution is 2.24. The molecule has 5 nitrogen and oxygen atoms in total. The number of nitrogens with two attached hydrogens (primary N) is 1. The number of ether oxygens (including phenoxy) is 1. The van der Waals surface area contributed by atoms with Crippen LogP contribution in [0.1, 0.15) is 12.0 Å². The van der Waals surface area contributed by atoms with Crippen molar-refractivity contribution in [3.05, 3.63) is 46.9 Å². The van der Waals surface area contributed by atoms with Gasteiger partial charge >= 0.3 is 0 Å². The number of anilines is 1. The predicted octanol–water partition coefficient (Wildman–Crippen LogP) is 2.59. The third kappa shape index (κ3) is 3.88. The lowest BCUT2D eigenvalue weighted by molar-refractivity contribution is 0.108. The van der Waals surface area contributed by atoms with E-state index in [2.05, 4.69) is 10.00 Å². The molecule has 0 saturated carbocycles. The van der Waals surface area contributed by atoms with Gasteiger partial charge in [-0.05, 0) is 31.0 Å². The van der Waals surface area contributed by atoms with Crippen LogP contribution in [0.5, 0.6) is 0 Å². The zero-order chi connectivity index (χ0) is 17.1. The van der Waals surface area contributed by atoms with Gasteiger partial charge in [-0.1, -0.05) is 17.7 Å². The van der Waals surface area contributed by atoms with Gasteiger partial charge in [0.1, 0.15) is 11.6 Å². The molecular weight excluding hydrogens is 331 g/mol. The van der Waals surface area contributed by atoms with Crippen molar-refractivity contribution in [3.63, 3.8) is 0 Å². The molecule has 0 unspecified atom stereocenters. The number of benzene rings is 1. The van der Waals surface area contributed by atoms with Gasteiger partial charge in [0.15, 0.2) is 0 Å². The molecule has 1 aliphatic rings. The van der Waals surface area contributed by atoms with Crippen LogP contribution in [-0.4, -0.2) is 47.0 Å². The normalized spacial score (nSPS) is 21.5. The fraction of sp³-hybridized carbons (Fsp3) is 0.471. The second-order valence-corrected chi connectivity index (χ2v) is 6.56. The molecule has 2 atom stereocenters. The lowest BCUT2D eigenvalue weighted by Gasteiger charge is -2.24. The van der Waals surface area contributed by atoms with Crippen LogP contribution in [0.4, 0.5) is 10.2 Å². The molecule has 0 bridgehead atoms. The van der Waals surface area contributed by atoms with Crippen molar-refractivity contribution in [1.29, 1.82) is 0 Å². The van der Waals surface area contributed by atoms with E-state index in [0.29, 0.717) is 22.8 Å². The predicted molar refractivity (Wildman–Crippen MR) is 92.5 cm³/mol. The van der Waals surface area contributed by atoms with Crippen LogP contribution in [-0.2, 0) is 17.7 Å². The molecule has 3 rings (SSSR count). The molecule has 24 heavy (non-hydrogen) atoms. The Labute approximate surface area is 146 Å². The largest absolute Gasteiger partial charge is 0.382 e. The van der Waals surface area contributed by atoms with Crippen LogP contribution in [0.2, 0.25) is 5.02 Å². The first-order valence-electron chi connectivity index (χ1n) is 8.05. The number of methoxy groups -OCH3 is 1. The number of hydrogen-bond acceptors (Lipinski definition) is 4. The van der Waals surface area contributed by atoms with Gasteiger partial charge in [0.25, 0.3) is 0 Å². The van der Waals surface area contributed by atoms with Gasteiger partial charge in [-0.15, -0.1) is 0 Å². The Bertz CT molecular complexity index is 673. The van der Waals surface area contributed by atoms with E-state index in [0.717, 1.165) is 26.1 Å². The Hall–Kier alpha value is -1.63. The van der Waals surface area contributed by atoms with Gasteiger partial charge in [0.2, 0.25) is 0 Å². The van der Waals surface area contributed by atoms with E-state index in [1.54, 1.807) is 25.3 Å². The maximum absolute atomic E-state index is 14.0. The van der Waals surface area contributed by atoms with Gasteiger partial charge in [0, 0.05) is 43.0 Å². The minimum atomic E-state index is -0.249. The van der Waals surface area contributed by atoms with E-state index in [1.807, 2.05) is 10.9 Å². The molecule has 1 aromatic carbocycles. The molecule has 2 aromatic rings. The van der Waals surface area contributed by atoms with Crippen molar-refractivity contribution in [1.82, 2.24) is 14.7 Å². The van der Waals surface area contributed by atoms with E-state index in [1.165, 1.54) is 6.07 Å². The van der Waals surface area contributed by atoms with Crippen LogP contribution in [0.15, 0.2) is 30.5 Å². The average Bonchev–Trinajstić information content (AvgIpc) is 3.13. The Balaban J connectivity index is 1.67. The summed E-state index contributed by atoms with van der Waals surface area (Å²) in [6, 6.07) is 6.87. The summed E-state index contributed by atoms with van der Waals surface area (Å²) < 4.78 is 21.3. The first-order valence-corrected chi connectivity index (χ1v) is 8.43. The van der Waals surface area contributed by atoms with Crippen LogP contribution >= 0.6 is 11.6 Å². The number of nitrogens with zero attached hydrogens (tertiary/aromatic N) is 3. The van der Waals surface area contributed by atoms with Gasteiger partial charge < -0.3 is 10.5 Å². The summed E-state index contributed by atoms with van der Waals surface area (Å²) in [7, 11) is 1.73. The number of halogens is 2. The maximum Gasteiger partial charge on any atom is 0.145 e. The minimum Gasteiger partial charge on any atom is -0.382 e. The molecule has 1 aromatic heterocycles. The number of rotatable bonds is 6. The van der Waals surface area contributed by atoms with E-state index in [-0.39, 0.29) is 18.0 Å². The summed E-state index contributed by atoms with van der Waals surface area (Å²) in [6.45, 7) is 2.29. The standard InChI is InChI=1S/C17H22ClFN4O/c1-24-13-9-12(10-23-8-6-17(20)21-23)22(11-13)7-5-14-15(18)3-2-4-16(14)19/h2-4,6,8,12-13H,5,7,9-11H2,1H3,(H2,20,21)/t12-,13-/m0/s1. The number of aromatic nitrogens is 2. The highest BCUT2D eigenvalue weighted by molar-refractivity contribution is 6.31. The van der Waals surface area contributed by atoms with Crippen LogP contribution in [0, 0.1) is 5.82 Å². The Morgan fingerprint density at radius 1 is 1.42 bits per heavy atom. The number of hydrogen-bond donors (Lipinski definition) is 1. The summed E-state index contributed by atoms with van der Waals surface area (Å²) in [5, 5.41) is 4.73. The van der Waals surface area contributed by atoms with Gasteiger partial charge in [-0.3, -0.25) is 9.58 Å². The summed E-state index contributed by atoms with van der Waals surface area (Å²) in [4.78, 5) is 2.31. The summed E-state index contributed by atoms with van der Waals surface area (Å²) in [6.07, 6.45) is 3.54. The molecular formula is C17H22ClFN4O. The SMILES string of the molecule is CO[C@H]1C[C@@H](Cn2ccc(N)n2)N(CCc2c(F)cccc2Cl)C1. The van der Waals surface area contributed by atoms with Crippen molar-refractivity contribution >= 4 is 17.4 Å². The third-order valence-corrected chi connectivity index (χ3v) is 4.95. The monoisotopic (exact) mass is 352 g/mol. The smallest absolute Gasteiger partial charge is 0.145 e. The quantitative estimate of drug-likeness (QED) is 0.868. The van der Waals surface area contributed by atoms with Crippen LogP contribution in [0.25, 0.3) is 0 Å². The Morgan fingerprint density at radius 3 is 2.92 bits per heavy atom. The second-order valence-electron chi connectivity index (χ2n) is 6.16. The van der Waals surface area contributed by atoms with E-state index in [4.69, 9.17) is 22.1 Å². The fourth-order valence-corrected chi connectivity index (χ4v) is 3.55. The van der Waals surface area contributed by atoms with E-state index >= 15 is 0 Å². The average molecular weight is 353 g/mol. The topological polar surface area (TPSA) is 56.3 Å². The molecule has 7 heteroatoms. The molecule has 0 radical (unpaired) electrons. The van der Waals surface area contributed by atoms with Crippen molar-refractivity contribution in [3.8, 4) is 0 Å². The first-order chi connectivity index (χ1) is 11.6. The molecule has 1 aliphatic heterocycles. The van der Waals surface area contributed by atoms with Crippen LogP contribution < -0.4 is 5.73 Å². The zero-order valence-corrected chi connectivity index (χ0v) is 14.4. The number of nitrogen functional groups attached to an aromatic ring is 1. The highest BCUT2D eigenvalue weighted by atomic mass is 35.5. The summed E-state index contributed by atoms with van der Waals surface area (Å²) in [5.74, 6) is 0.266. The molecule has 130 valence electrons. The first kappa shape index (κ1) is 17.2. The molecule has 2 heterocycles. The van der Waals surface area contributed by atoms with E-state index in [9.17, 15) is 4.39 Å². The lowest BCUT2D eigenvalue weighted by atomic mass is 10.1. The second kappa shape index (κ2) is 7.51. The molecule has 1 saturated heterocycles. The zero-order valence-electron chi connectivity index (χ0n) is 13.7. The molecule has 0 amide bonds. The summed E-state index contributed by atoms with van der Waals surface area (Å²) in [5.41, 5.74) is 6.25. The van der Waals surface area contributed by atoms with Gasteiger partial charge in [-0.2, -0.15) is 5.10 Å². The summed E-state index contributed by atoms with van der Waals surface area (Å²) >= 11 is 6.13.